The highest BCUT2D eigenvalue weighted by molar-refractivity contribution is 6.07. The first-order chi connectivity index (χ1) is 9.28. The molecule has 0 aliphatic carbocycles. The maximum Gasteiger partial charge on any atom is 0.121 e. The third kappa shape index (κ3) is 2.29. The van der Waals surface area contributed by atoms with E-state index in [1.54, 1.807) is 0 Å². The number of hydrogen-bond donors (Lipinski definition) is 2. The number of benzene rings is 2. The molecule has 0 saturated heterocycles. The molecule has 98 valence electrons. The van der Waals surface area contributed by atoms with Crippen molar-refractivity contribution in [3.8, 4) is 5.75 Å². The van der Waals surface area contributed by atoms with Gasteiger partial charge >= 0.3 is 0 Å². The Morgan fingerprint density at radius 1 is 1.11 bits per heavy atom. The van der Waals surface area contributed by atoms with Crippen LogP contribution in [0, 0.1) is 0 Å². The molecule has 0 radical (unpaired) electrons. The lowest BCUT2D eigenvalue weighted by Gasteiger charge is -2.10. The van der Waals surface area contributed by atoms with Crippen molar-refractivity contribution in [1.82, 2.24) is 4.98 Å². The van der Waals surface area contributed by atoms with Gasteiger partial charge in [-0.05, 0) is 24.6 Å². The molecule has 0 bridgehead atoms. The minimum atomic E-state index is -0.404. The fourth-order valence-electron chi connectivity index (χ4n) is 2.23. The number of fused-ring (bicyclic) bond motifs is 3. The summed E-state index contributed by atoms with van der Waals surface area (Å²) in [6.07, 6.45) is 0.299. The zero-order valence-corrected chi connectivity index (χ0v) is 10.9. The van der Waals surface area contributed by atoms with Gasteiger partial charge in [0.25, 0.3) is 0 Å². The van der Waals surface area contributed by atoms with Crippen molar-refractivity contribution in [2.45, 2.75) is 19.4 Å². The van der Waals surface area contributed by atoms with Gasteiger partial charge in [-0.1, -0.05) is 25.1 Å². The fourth-order valence-corrected chi connectivity index (χ4v) is 2.23. The third-order valence-electron chi connectivity index (χ3n) is 3.39. The summed E-state index contributed by atoms with van der Waals surface area (Å²) in [6.45, 7) is 2.27. The summed E-state index contributed by atoms with van der Waals surface area (Å²) in [4.78, 5) is 3.38. The van der Waals surface area contributed by atoms with Crippen LogP contribution in [0.2, 0.25) is 0 Å². The number of H-pyrrole nitrogens is 1. The Hall–Kier alpha value is -2.00. The molecule has 3 nitrogen and oxygen atoms in total. The van der Waals surface area contributed by atoms with Crippen molar-refractivity contribution in [1.29, 1.82) is 0 Å². The second-order valence-electron chi connectivity index (χ2n) is 4.75. The molecular formula is C16H17NO2. The molecular weight excluding hydrogens is 238 g/mol. The lowest BCUT2D eigenvalue weighted by Crippen LogP contribution is -2.15. The molecule has 19 heavy (non-hydrogen) atoms. The van der Waals surface area contributed by atoms with Crippen LogP contribution in [0.15, 0.2) is 42.5 Å². The molecule has 1 atom stereocenters. The van der Waals surface area contributed by atoms with Crippen LogP contribution < -0.4 is 4.74 Å². The predicted molar refractivity (Wildman–Crippen MR) is 77.6 cm³/mol. The van der Waals surface area contributed by atoms with Gasteiger partial charge < -0.3 is 14.8 Å². The van der Waals surface area contributed by atoms with Gasteiger partial charge in [0, 0.05) is 22.4 Å². The van der Waals surface area contributed by atoms with Crippen LogP contribution in [0.5, 0.6) is 5.75 Å². The standard InChI is InChI=1S/C16H17NO2/c1-2-11(18)10-19-12-7-8-14-13-5-3-4-6-15(13)17-16(14)9-12/h3-9,11,17-18H,2,10H2,1H3/t11-/m0/s1. The van der Waals surface area contributed by atoms with E-state index < -0.39 is 6.10 Å². The molecule has 1 heterocycles. The normalized spacial score (nSPS) is 12.9. The predicted octanol–water partition coefficient (Wildman–Crippen LogP) is 3.47. The van der Waals surface area contributed by atoms with Crippen molar-refractivity contribution < 1.29 is 9.84 Å². The maximum atomic E-state index is 9.51. The number of rotatable bonds is 4. The van der Waals surface area contributed by atoms with Gasteiger partial charge in [0.05, 0.1) is 11.6 Å². The molecule has 0 saturated carbocycles. The number of aliphatic hydroxyl groups excluding tert-OH is 1. The smallest absolute Gasteiger partial charge is 0.121 e. The highest BCUT2D eigenvalue weighted by Crippen LogP contribution is 2.28. The summed E-state index contributed by atoms with van der Waals surface area (Å²) in [6, 6.07) is 14.2. The molecule has 0 aliphatic rings. The van der Waals surface area contributed by atoms with E-state index in [0.29, 0.717) is 13.0 Å². The third-order valence-corrected chi connectivity index (χ3v) is 3.39. The van der Waals surface area contributed by atoms with E-state index in [0.717, 1.165) is 16.8 Å². The van der Waals surface area contributed by atoms with Crippen LogP contribution in [0.1, 0.15) is 13.3 Å². The summed E-state index contributed by atoms with van der Waals surface area (Å²) < 4.78 is 5.59. The largest absolute Gasteiger partial charge is 0.491 e. The highest BCUT2D eigenvalue weighted by Gasteiger charge is 2.06. The number of ether oxygens (including phenoxy) is 1. The average Bonchev–Trinajstić information content (AvgIpc) is 2.82. The first-order valence-electron chi connectivity index (χ1n) is 6.59. The Balaban J connectivity index is 1.95. The van der Waals surface area contributed by atoms with Crippen molar-refractivity contribution >= 4 is 21.8 Å². The number of aromatic nitrogens is 1. The molecule has 0 spiro atoms. The SMILES string of the molecule is CC[C@H](O)COc1ccc2c(c1)[nH]c1ccccc12. The Morgan fingerprint density at radius 2 is 1.89 bits per heavy atom. The topological polar surface area (TPSA) is 45.2 Å². The molecule has 3 aromatic rings. The Kier molecular flexibility index (Phi) is 3.13. The van der Waals surface area contributed by atoms with Crippen molar-refractivity contribution in [2.24, 2.45) is 0 Å². The van der Waals surface area contributed by atoms with Crippen molar-refractivity contribution in [2.75, 3.05) is 6.61 Å². The van der Waals surface area contributed by atoms with E-state index in [1.807, 2.05) is 31.2 Å². The first-order valence-corrected chi connectivity index (χ1v) is 6.59. The van der Waals surface area contributed by atoms with Gasteiger partial charge in [0.15, 0.2) is 0 Å². The average molecular weight is 255 g/mol. The van der Waals surface area contributed by atoms with Gasteiger partial charge in [0.2, 0.25) is 0 Å². The molecule has 3 rings (SSSR count). The molecule has 0 amide bonds. The zero-order chi connectivity index (χ0) is 13.2. The first kappa shape index (κ1) is 12.1. The summed E-state index contributed by atoms with van der Waals surface area (Å²) in [5.41, 5.74) is 2.19. The van der Waals surface area contributed by atoms with E-state index in [-0.39, 0.29) is 0 Å². The number of hydrogen-bond acceptors (Lipinski definition) is 2. The van der Waals surface area contributed by atoms with Gasteiger partial charge in [-0.15, -0.1) is 0 Å². The summed E-state index contributed by atoms with van der Waals surface area (Å²) in [7, 11) is 0. The van der Waals surface area contributed by atoms with E-state index >= 15 is 0 Å². The molecule has 1 aromatic heterocycles. The summed E-state index contributed by atoms with van der Waals surface area (Å²) in [5, 5.41) is 11.9. The van der Waals surface area contributed by atoms with Gasteiger partial charge in [-0.3, -0.25) is 0 Å². The second kappa shape index (κ2) is 4.94. The van der Waals surface area contributed by atoms with Crippen LogP contribution in [0.25, 0.3) is 21.8 Å². The highest BCUT2D eigenvalue weighted by atomic mass is 16.5. The zero-order valence-electron chi connectivity index (χ0n) is 10.9. The van der Waals surface area contributed by atoms with Crippen LogP contribution in [-0.4, -0.2) is 22.8 Å². The van der Waals surface area contributed by atoms with Crippen molar-refractivity contribution in [3.05, 3.63) is 42.5 Å². The fraction of sp³-hybridized carbons (Fsp3) is 0.250. The number of para-hydroxylation sites is 1. The molecule has 0 fully saturated rings. The van der Waals surface area contributed by atoms with Gasteiger partial charge in [-0.2, -0.15) is 0 Å². The van der Waals surface area contributed by atoms with Gasteiger partial charge in [0.1, 0.15) is 12.4 Å². The van der Waals surface area contributed by atoms with Crippen LogP contribution in [-0.2, 0) is 0 Å². The molecule has 0 aliphatic heterocycles. The van der Waals surface area contributed by atoms with Gasteiger partial charge in [-0.25, -0.2) is 0 Å². The maximum absolute atomic E-state index is 9.51. The minimum Gasteiger partial charge on any atom is -0.491 e. The van der Waals surface area contributed by atoms with Crippen LogP contribution in [0.4, 0.5) is 0 Å². The summed E-state index contributed by atoms with van der Waals surface area (Å²) in [5.74, 6) is 0.784. The Labute approximate surface area is 111 Å². The lowest BCUT2D eigenvalue weighted by atomic mass is 10.1. The van der Waals surface area contributed by atoms with Crippen molar-refractivity contribution in [3.63, 3.8) is 0 Å². The van der Waals surface area contributed by atoms with E-state index in [9.17, 15) is 5.11 Å². The van der Waals surface area contributed by atoms with Crippen LogP contribution in [0.3, 0.4) is 0 Å². The minimum absolute atomic E-state index is 0.336. The van der Waals surface area contributed by atoms with E-state index in [1.165, 1.54) is 10.8 Å². The molecule has 2 N–H and O–H groups in total. The lowest BCUT2D eigenvalue weighted by molar-refractivity contribution is 0.104. The van der Waals surface area contributed by atoms with E-state index in [2.05, 4.69) is 23.2 Å². The summed E-state index contributed by atoms with van der Waals surface area (Å²) >= 11 is 0. The quantitative estimate of drug-likeness (QED) is 0.749. The number of nitrogens with one attached hydrogen (secondary N) is 1. The Bertz CT molecular complexity index is 702. The molecule has 2 aromatic carbocycles. The van der Waals surface area contributed by atoms with E-state index in [4.69, 9.17) is 4.74 Å². The second-order valence-corrected chi connectivity index (χ2v) is 4.75. The Morgan fingerprint density at radius 3 is 2.74 bits per heavy atom. The number of aliphatic hydroxyl groups is 1. The number of aromatic amines is 1. The monoisotopic (exact) mass is 255 g/mol. The molecule has 0 unspecified atom stereocenters. The molecule has 3 heteroatoms. The van der Waals surface area contributed by atoms with Crippen LogP contribution >= 0.6 is 0 Å².